The molecule has 5 heteroatoms. The highest BCUT2D eigenvalue weighted by Crippen LogP contribution is 2.29. The van der Waals surface area contributed by atoms with Crippen LogP contribution in [-0.2, 0) is 11.2 Å². The van der Waals surface area contributed by atoms with E-state index in [-0.39, 0.29) is 18.1 Å². The van der Waals surface area contributed by atoms with Gasteiger partial charge in [0.05, 0.1) is 13.5 Å². The maximum atomic E-state index is 11.6. The monoisotopic (exact) mass is 264 g/mol. The number of thiophene rings is 1. The zero-order valence-electron chi connectivity index (χ0n) is 9.75. The molecular weight excluding hydrogens is 252 g/mol. The third-order valence-electron chi connectivity index (χ3n) is 2.31. The molecule has 1 heterocycles. The van der Waals surface area contributed by atoms with Crippen molar-refractivity contribution in [3.05, 3.63) is 40.6 Å². The van der Waals surface area contributed by atoms with Gasteiger partial charge in [0.25, 0.3) is 0 Å². The van der Waals surface area contributed by atoms with Crippen LogP contribution in [0.5, 0.6) is 17.2 Å². The molecule has 0 amide bonds. The number of aromatic hydroxyl groups is 1. The molecule has 1 N–H and O–H groups in total. The lowest BCUT2D eigenvalue weighted by Crippen LogP contribution is -2.10. The minimum Gasteiger partial charge on any atom is -0.504 e. The van der Waals surface area contributed by atoms with Crippen LogP contribution in [0, 0.1) is 0 Å². The highest BCUT2D eigenvalue weighted by molar-refractivity contribution is 7.07. The summed E-state index contributed by atoms with van der Waals surface area (Å²) in [7, 11) is 1.46. The second-order valence-electron chi connectivity index (χ2n) is 3.62. The average molecular weight is 264 g/mol. The molecule has 4 nitrogen and oxygen atoms in total. The number of hydrogen-bond acceptors (Lipinski definition) is 5. The molecule has 2 aromatic rings. The van der Waals surface area contributed by atoms with E-state index in [0.717, 1.165) is 5.56 Å². The van der Waals surface area contributed by atoms with Crippen molar-refractivity contribution in [2.75, 3.05) is 7.11 Å². The summed E-state index contributed by atoms with van der Waals surface area (Å²) < 4.78 is 10.0. The van der Waals surface area contributed by atoms with Crippen LogP contribution in [0.1, 0.15) is 5.56 Å². The number of esters is 1. The number of phenols is 1. The SMILES string of the molecule is COc1ccc(OC(=O)Cc2ccsc2)cc1O. The largest absolute Gasteiger partial charge is 0.504 e. The fraction of sp³-hybridized carbons (Fsp3) is 0.154. The molecule has 0 saturated carbocycles. The molecule has 0 aliphatic carbocycles. The molecule has 0 fully saturated rings. The van der Waals surface area contributed by atoms with Crippen molar-refractivity contribution >= 4 is 17.3 Å². The molecule has 0 bridgehead atoms. The normalized spacial score (nSPS) is 10.1. The molecule has 18 heavy (non-hydrogen) atoms. The van der Waals surface area contributed by atoms with Crippen LogP contribution in [0.25, 0.3) is 0 Å². The van der Waals surface area contributed by atoms with Crippen LogP contribution in [0.15, 0.2) is 35.0 Å². The zero-order chi connectivity index (χ0) is 13.0. The van der Waals surface area contributed by atoms with E-state index in [1.54, 1.807) is 12.1 Å². The van der Waals surface area contributed by atoms with Gasteiger partial charge in [-0.3, -0.25) is 4.79 Å². The summed E-state index contributed by atoms with van der Waals surface area (Å²) >= 11 is 1.53. The van der Waals surface area contributed by atoms with Crippen LogP contribution in [0.2, 0.25) is 0 Å². The van der Waals surface area contributed by atoms with E-state index >= 15 is 0 Å². The fourth-order valence-electron chi connectivity index (χ4n) is 1.46. The number of carbonyl (C=O) groups excluding carboxylic acids is 1. The Balaban J connectivity index is 2.01. The minimum absolute atomic E-state index is 0.0571. The van der Waals surface area contributed by atoms with Crippen molar-refractivity contribution in [3.63, 3.8) is 0 Å². The van der Waals surface area contributed by atoms with E-state index in [4.69, 9.17) is 9.47 Å². The maximum absolute atomic E-state index is 11.6. The molecule has 0 aliphatic rings. The van der Waals surface area contributed by atoms with Gasteiger partial charge in [0.2, 0.25) is 0 Å². The Kier molecular flexibility index (Phi) is 3.84. The van der Waals surface area contributed by atoms with Gasteiger partial charge < -0.3 is 14.6 Å². The van der Waals surface area contributed by atoms with Gasteiger partial charge in [0, 0.05) is 6.07 Å². The van der Waals surface area contributed by atoms with Gasteiger partial charge in [-0.1, -0.05) is 0 Å². The van der Waals surface area contributed by atoms with Crippen molar-refractivity contribution in [1.82, 2.24) is 0 Å². The van der Waals surface area contributed by atoms with Gasteiger partial charge >= 0.3 is 5.97 Å². The van der Waals surface area contributed by atoms with E-state index in [2.05, 4.69) is 0 Å². The third-order valence-corrected chi connectivity index (χ3v) is 3.04. The summed E-state index contributed by atoms with van der Waals surface area (Å²) in [6.07, 6.45) is 0.219. The Morgan fingerprint density at radius 1 is 1.39 bits per heavy atom. The first-order valence-corrected chi connectivity index (χ1v) is 6.22. The third kappa shape index (κ3) is 3.01. The first-order valence-electron chi connectivity index (χ1n) is 5.28. The van der Waals surface area contributed by atoms with Gasteiger partial charge in [-0.25, -0.2) is 0 Å². The Labute approximate surface area is 108 Å². The number of methoxy groups -OCH3 is 1. The van der Waals surface area contributed by atoms with Crippen LogP contribution >= 0.6 is 11.3 Å². The van der Waals surface area contributed by atoms with Crippen LogP contribution in [0.3, 0.4) is 0 Å². The molecule has 1 aromatic carbocycles. The number of phenolic OH excluding ortho intramolecular Hbond substituents is 1. The first-order chi connectivity index (χ1) is 8.69. The topological polar surface area (TPSA) is 55.8 Å². The lowest BCUT2D eigenvalue weighted by molar-refractivity contribution is -0.133. The highest BCUT2D eigenvalue weighted by Gasteiger charge is 2.09. The Bertz CT molecular complexity index is 534. The zero-order valence-corrected chi connectivity index (χ0v) is 10.6. The number of hydrogen-bond donors (Lipinski definition) is 1. The van der Waals surface area contributed by atoms with Crippen molar-refractivity contribution in [3.8, 4) is 17.2 Å². The van der Waals surface area contributed by atoms with Crippen molar-refractivity contribution in [2.45, 2.75) is 6.42 Å². The molecule has 0 spiro atoms. The molecule has 1 aromatic heterocycles. The molecule has 94 valence electrons. The number of benzene rings is 1. The summed E-state index contributed by atoms with van der Waals surface area (Å²) in [5.74, 6) is 0.220. The van der Waals surface area contributed by atoms with Gasteiger partial charge in [0.15, 0.2) is 11.5 Å². The van der Waals surface area contributed by atoms with Crippen LogP contribution < -0.4 is 9.47 Å². The molecule has 0 saturated heterocycles. The lowest BCUT2D eigenvalue weighted by Gasteiger charge is -2.06. The van der Waals surface area contributed by atoms with Crippen molar-refractivity contribution in [1.29, 1.82) is 0 Å². The minimum atomic E-state index is -0.363. The molecule has 2 rings (SSSR count). The van der Waals surface area contributed by atoms with Gasteiger partial charge in [0.1, 0.15) is 5.75 Å². The standard InChI is InChI=1S/C13H12O4S/c1-16-12-3-2-10(7-11(12)14)17-13(15)6-9-4-5-18-8-9/h2-5,7-8,14H,6H2,1H3. The van der Waals surface area contributed by atoms with E-state index < -0.39 is 0 Å². The molecule has 0 aliphatic heterocycles. The Hall–Kier alpha value is -2.01. The smallest absolute Gasteiger partial charge is 0.315 e. The van der Waals surface area contributed by atoms with E-state index in [1.807, 2.05) is 16.8 Å². The summed E-state index contributed by atoms with van der Waals surface area (Å²) in [6, 6.07) is 6.34. The van der Waals surface area contributed by atoms with Gasteiger partial charge in [-0.05, 0) is 34.5 Å². The fourth-order valence-corrected chi connectivity index (χ4v) is 2.13. The number of carbonyl (C=O) groups is 1. The van der Waals surface area contributed by atoms with Crippen LogP contribution in [-0.4, -0.2) is 18.2 Å². The maximum Gasteiger partial charge on any atom is 0.315 e. The predicted molar refractivity (Wildman–Crippen MR) is 68.3 cm³/mol. The lowest BCUT2D eigenvalue weighted by atomic mass is 10.2. The second-order valence-corrected chi connectivity index (χ2v) is 4.40. The number of rotatable bonds is 4. The summed E-state index contributed by atoms with van der Waals surface area (Å²) in [5.41, 5.74) is 0.919. The first kappa shape index (κ1) is 12.4. The van der Waals surface area contributed by atoms with E-state index in [1.165, 1.54) is 24.5 Å². The number of ether oxygens (including phenoxy) is 2. The summed E-state index contributed by atoms with van der Waals surface area (Å²) in [4.78, 5) is 11.6. The van der Waals surface area contributed by atoms with Crippen molar-refractivity contribution in [2.24, 2.45) is 0 Å². The molecule has 0 radical (unpaired) electrons. The quantitative estimate of drug-likeness (QED) is 0.681. The van der Waals surface area contributed by atoms with Crippen molar-refractivity contribution < 1.29 is 19.4 Å². The van der Waals surface area contributed by atoms with Gasteiger partial charge in [-0.15, -0.1) is 0 Å². The summed E-state index contributed by atoms with van der Waals surface area (Å²) in [6.45, 7) is 0. The van der Waals surface area contributed by atoms with E-state index in [0.29, 0.717) is 11.5 Å². The highest BCUT2D eigenvalue weighted by atomic mass is 32.1. The van der Waals surface area contributed by atoms with Gasteiger partial charge in [-0.2, -0.15) is 11.3 Å². The molecular formula is C13H12O4S. The molecule has 0 atom stereocenters. The van der Waals surface area contributed by atoms with Crippen LogP contribution in [0.4, 0.5) is 0 Å². The summed E-state index contributed by atoms with van der Waals surface area (Å²) in [5, 5.41) is 13.3. The Morgan fingerprint density at radius 3 is 2.83 bits per heavy atom. The predicted octanol–water partition coefficient (Wildman–Crippen LogP) is 2.61. The Morgan fingerprint density at radius 2 is 2.22 bits per heavy atom. The average Bonchev–Trinajstić information content (AvgIpc) is 2.82. The van der Waals surface area contributed by atoms with E-state index in [9.17, 15) is 9.90 Å². The molecule has 0 unspecified atom stereocenters. The second kappa shape index (κ2) is 5.55.